The minimum atomic E-state index is -4.37. The second kappa shape index (κ2) is 10.0. The van der Waals surface area contributed by atoms with E-state index < -0.39 is 7.60 Å². The maximum absolute atomic E-state index is 11.9. The number of nitrogens with zero attached hydrogens (tertiary/aromatic N) is 2. The fourth-order valence-corrected chi connectivity index (χ4v) is 6.41. The number of nitrogens with one attached hydrogen (secondary N) is 2. The van der Waals surface area contributed by atoms with Gasteiger partial charge in [-0.3, -0.25) is 9.55 Å². The summed E-state index contributed by atoms with van der Waals surface area (Å²) < 4.78 is 11.9. The van der Waals surface area contributed by atoms with Gasteiger partial charge in [-0.25, -0.2) is 4.98 Å². The average Bonchev–Trinajstić information content (AvgIpc) is 3.75. The van der Waals surface area contributed by atoms with Crippen LogP contribution < -0.4 is 5.30 Å². The standard InChI is InChI=1S/C35H31N4O3P/c1-21-4-6-22(7-5-21)33-29-15-11-25(37-29)19-32-35(2,3)20-26(38-32)18-24-10-14-28(36-24)34(31-17-16-30(33)39-31)23-8-12-27(13-9-23)43(40,41)42/h4-19,36-37H,20H2,1-3H3,(H2,40,41,42). The fraction of sp³-hybridized carbons (Fsp3) is 0.143. The van der Waals surface area contributed by atoms with Crippen molar-refractivity contribution < 1.29 is 14.4 Å². The van der Waals surface area contributed by atoms with Crippen LogP contribution in [0.3, 0.4) is 0 Å². The third-order valence-electron chi connectivity index (χ3n) is 8.14. The highest BCUT2D eigenvalue weighted by molar-refractivity contribution is 7.60. The summed E-state index contributed by atoms with van der Waals surface area (Å²) in [4.78, 5) is 36.7. The van der Waals surface area contributed by atoms with Gasteiger partial charge in [0.1, 0.15) is 0 Å². The summed E-state index contributed by atoms with van der Waals surface area (Å²) in [7, 11) is -4.37. The summed E-state index contributed by atoms with van der Waals surface area (Å²) >= 11 is 0. The SMILES string of the molecule is Cc1ccc(-c2c3nc(c(-c4ccc(P(=O)(O)O)cc4)c4ccc(cc5nc(cc6ccc2[nH]6)C(C)(C)C5)[nH]4)C=C3)cc1. The van der Waals surface area contributed by atoms with Crippen LogP contribution in [0.2, 0.25) is 0 Å². The zero-order chi connectivity index (χ0) is 29.9. The van der Waals surface area contributed by atoms with Gasteiger partial charge in [-0.15, -0.1) is 0 Å². The van der Waals surface area contributed by atoms with Crippen molar-refractivity contribution in [3.8, 4) is 22.3 Å². The molecule has 8 bridgehead atoms. The topological polar surface area (TPSA) is 115 Å². The van der Waals surface area contributed by atoms with Crippen LogP contribution in [-0.4, -0.2) is 29.7 Å². The molecule has 0 unspecified atom stereocenters. The van der Waals surface area contributed by atoms with E-state index in [-0.39, 0.29) is 10.7 Å². The van der Waals surface area contributed by atoms with Gasteiger partial charge in [0.05, 0.1) is 16.7 Å². The van der Waals surface area contributed by atoms with E-state index in [1.54, 1.807) is 12.1 Å². The van der Waals surface area contributed by atoms with Gasteiger partial charge in [0.2, 0.25) is 0 Å². The van der Waals surface area contributed by atoms with E-state index in [0.717, 1.165) is 73.5 Å². The lowest BCUT2D eigenvalue weighted by Gasteiger charge is -2.15. The van der Waals surface area contributed by atoms with Gasteiger partial charge in [-0.05, 0) is 78.7 Å². The van der Waals surface area contributed by atoms with Crippen molar-refractivity contribution in [2.45, 2.75) is 32.6 Å². The third kappa shape index (κ3) is 5.17. The number of aryl methyl sites for hydroxylation is 1. The zero-order valence-corrected chi connectivity index (χ0v) is 25.0. The third-order valence-corrected chi connectivity index (χ3v) is 9.11. The molecule has 5 heterocycles. The number of aromatic amines is 2. The summed E-state index contributed by atoms with van der Waals surface area (Å²) in [6.07, 6.45) is 4.84. The second-order valence-corrected chi connectivity index (χ2v) is 13.5. The Labute approximate surface area is 249 Å². The van der Waals surface area contributed by atoms with Crippen LogP contribution in [0.25, 0.3) is 56.5 Å². The first-order valence-electron chi connectivity index (χ1n) is 14.2. The minimum Gasteiger partial charge on any atom is -0.355 e. The fourth-order valence-electron chi connectivity index (χ4n) is 5.88. The van der Waals surface area contributed by atoms with E-state index in [4.69, 9.17) is 9.97 Å². The molecule has 0 aliphatic carbocycles. The molecule has 2 aromatic carbocycles. The molecular weight excluding hydrogens is 555 g/mol. The molecule has 2 aliphatic rings. The lowest BCUT2D eigenvalue weighted by atomic mass is 9.87. The molecule has 0 amide bonds. The van der Waals surface area contributed by atoms with Gasteiger partial charge in [0.15, 0.2) is 0 Å². The van der Waals surface area contributed by atoms with Gasteiger partial charge in [-0.2, -0.15) is 0 Å². The van der Waals surface area contributed by atoms with Crippen molar-refractivity contribution in [2.24, 2.45) is 0 Å². The van der Waals surface area contributed by atoms with Crippen molar-refractivity contribution in [1.82, 2.24) is 19.9 Å². The molecule has 0 saturated carbocycles. The van der Waals surface area contributed by atoms with Crippen LogP contribution in [0.4, 0.5) is 0 Å². The largest absolute Gasteiger partial charge is 0.356 e. The normalized spacial score (nSPS) is 14.3. The van der Waals surface area contributed by atoms with Crippen LogP contribution in [0, 0.1) is 6.92 Å². The average molecular weight is 587 g/mol. The highest BCUT2D eigenvalue weighted by Gasteiger charge is 2.28. The van der Waals surface area contributed by atoms with Crippen LogP contribution in [0.15, 0.2) is 84.9 Å². The Hall–Kier alpha value is -4.55. The molecule has 0 spiro atoms. The Morgan fingerprint density at radius 3 is 1.81 bits per heavy atom. The van der Waals surface area contributed by atoms with E-state index in [2.05, 4.69) is 79.3 Å². The van der Waals surface area contributed by atoms with Crippen molar-refractivity contribution in [3.63, 3.8) is 0 Å². The van der Waals surface area contributed by atoms with E-state index in [1.807, 2.05) is 24.3 Å². The molecule has 7 rings (SSSR count). The first-order valence-corrected chi connectivity index (χ1v) is 15.8. The van der Waals surface area contributed by atoms with E-state index in [0.29, 0.717) is 0 Å². The number of rotatable bonds is 3. The van der Waals surface area contributed by atoms with Gasteiger partial charge in [-0.1, -0.05) is 55.8 Å². The monoisotopic (exact) mass is 586 g/mol. The molecule has 0 fully saturated rings. The molecule has 7 nitrogen and oxygen atoms in total. The van der Waals surface area contributed by atoms with Crippen molar-refractivity contribution in [3.05, 3.63) is 113 Å². The number of hydrogen-bond donors (Lipinski definition) is 4. The first kappa shape index (κ1) is 27.3. The summed E-state index contributed by atoms with van der Waals surface area (Å²) in [5.41, 5.74) is 12.0. The van der Waals surface area contributed by atoms with Gasteiger partial charge in [0.25, 0.3) is 0 Å². The van der Waals surface area contributed by atoms with Gasteiger partial charge < -0.3 is 19.8 Å². The van der Waals surface area contributed by atoms with Gasteiger partial charge in [0, 0.05) is 56.4 Å². The Kier molecular flexibility index (Phi) is 6.36. The predicted octanol–water partition coefficient (Wildman–Crippen LogP) is 7.45. The predicted molar refractivity (Wildman–Crippen MR) is 174 cm³/mol. The van der Waals surface area contributed by atoms with E-state index in [9.17, 15) is 14.4 Å². The molecule has 0 radical (unpaired) electrons. The Morgan fingerprint density at radius 2 is 1.26 bits per heavy atom. The number of benzene rings is 2. The highest BCUT2D eigenvalue weighted by atomic mass is 31.2. The van der Waals surface area contributed by atoms with Crippen molar-refractivity contribution in [2.75, 3.05) is 0 Å². The maximum atomic E-state index is 11.9. The molecule has 214 valence electrons. The number of aromatic nitrogens is 4. The van der Waals surface area contributed by atoms with Crippen molar-refractivity contribution in [1.29, 1.82) is 0 Å². The molecule has 2 aliphatic heterocycles. The van der Waals surface area contributed by atoms with Crippen LogP contribution >= 0.6 is 7.60 Å². The molecule has 43 heavy (non-hydrogen) atoms. The minimum absolute atomic E-state index is 0.0232. The van der Waals surface area contributed by atoms with Crippen LogP contribution in [-0.2, 0) is 16.4 Å². The lowest BCUT2D eigenvalue weighted by Crippen LogP contribution is -2.14. The Balaban J connectivity index is 1.59. The molecule has 0 atom stereocenters. The first-order chi connectivity index (χ1) is 20.5. The maximum Gasteiger partial charge on any atom is 0.356 e. The zero-order valence-electron chi connectivity index (χ0n) is 24.1. The molecule has 8 heteroatoms. The van der Waals surface area contributed by atoms with Crippen LogP contribution in [0.1, 0.15) is 42.2 Å². The Morgan fingerprint density at radius 1 is 0.721 bits per heavy atom. The number of H-pyrrole nitrogens is 2. The van der Waals surface area contributed by atoms with E-state index >= 15 is 0 Å². The molecule has 0 saturated heterocycles. The summed E-state index contributed by atoms with van der Waals surface area (Å²) in [5.74, 6) is 0. The Bertz CT molecular complexity index is 2130. The quantitative estimate of drug-likeness (QED) is 0.161. The molecule has 5 aromatic rings. The summed E-state index contributed by atoms with van der Waals surface area (Å²) in [6, 6.07) is 27.3. The molecule has 4 N–H and O–H groups in total. The number of fused-ring (bicyclic) bond motifs is 8. The summed E-state index contributed by atoms with van der Waals surface area (Å²) in [5, 5.41) is -0.0232. The number of hydrogen-bond acceptors (Lipinski definition) is 3. The lowest BCUT2D eigenvalue weighted by molar-refractivity contribution is 0.387. The highest BCUT2D eigenvalue weighted by Crippen LogP contribution is 2.37. The summed E-state index contributed by atoms with van der Waals surface area (Å²) in [6.45, 7) is 6.51. The van der Waals surface area contributed by atoms with E-state index in [1.165, 1.54) is 17.7 Å². The molecular formula is C35H31N4O3P. The second-order valence-electron chi connectivity index (χ2n) is 11.9. The van der Waals surface area contributed by atoms with Gasteiger partial charge >= 0.3 is 7.60 Å². The van der Waals surface area contributed by atoms with Crippen molar-refractivity contribution >= 4 is 47.1 Å². The van der Waals surface area contributed by atoms with Crippen LogP contribution in [0.5, 0.6) is 0 Å². The smallest absolute Gasteiger partial charge is 0.355 e. The molecule has 3 aromatic heterocycles.